The molecule has 2 N–H and O–H groups in total. The van der Waals surface area contributed by atoms with Crippen molar-refractivity contribution in [1.82, 2.24) is 4.90 Å². The van der Waals surface area contributed by atoms with Crippen LogP contribution < -0.4 is 5.73 Å². The molecule has 1 saturated heterocycles. The molecule has 2 saturated carbocycles. The van der Waals surface area contributed by atoms with Crippen LogP contribution in [-0.4, -0.2) is 42.6 Å². The van der Waals surface area contributed by atoms with Crippen molar-refractivity contribution in [3.8, 4) is 0 Å². The van der Waals surface area contributed by atoms with Crippen LogP contribution >= 0.6 is 0 Å². The Kier molecular flexibility index (Phi) is 2.11. The lowest BCUT2D eigenvalue weighted by Gasteiger charge is -2.42. The predicted octanol–water partition coefficient (Wildman–Crippen LogP) is 0.505. The molecular weight excluding hydrogens is 204 g/mol. The average Bonchev–Trinajstić information content (AvgIpc) is 2.70. The summed E-state index contributed by atoms with van der Waals surface area (Å²) >= 11 is 0. The van der Waals surface area contributed by atoms with E-state index in [0.717, 1.165) is 45.2 Å². The van der Waals surface area contributed by atoms with Gasteiger partial charge in [-0.2, -0.15) is 0 Å². The van der Waals surface area contributed by atoms with E-state index in [2.05, 4.69) is 0 Å². The van der Waals surface area contributed by atoms with Crippen LogP contribution in [0.25, 0.3) is 0 Å². The number of rotatable bonds is 2. The maximum absolute atomic E-state index is 12.4. The molecule has 1 amide bonds. The van der Waals surface area contributed by atoms with Crippen molar-refractivity contribution < 1.29 is 9.53 Å². The molecule has 2 bridgehead atoms. The molecule has 0 atom stereocenters. The zero-order chi connectivity index (χ0) is 11.4. The van der Waals surface area contributed by atoms with Gasteiger partial charge in [0.25, 0.3) is 0 Å². The van der Waals surface area contributed by atoms with Crippen LogP contribution in [0.5, 0.6) is 0 Å². The lowest BCUT2D eigenvalue weighted by molar-refractivity contribution is -0.153. The third-order valence-corrected chi connectivity index (χ3v) is 4.82. The second-order valence-corrected chi connectivity index (χ2v) is 5.89. The van der Waals surface area contributed by atoms with E-state index in [4.69, 9.17) is 10.5 Å². The number of hydrogen-bond acceptors (Lipinski definition) is 3. The number of nitrogens with two attached hydrogens (primary N) is 1. The van der Waals surface area contributed by atoms with Gasteiger partial charge in [0.15, 0.2) is 0 Å². The topological polar surface area (TPSA) is 55.6 Å². The molecule has 0 spiro atoms. The molecule has 0 aromatic rings. The Bertz CT molecular complexity index is 315. The lowest BCUT2D eigenvalue weighted by atomic mass is 9.82. The summed E-state index contributed by atoms with van der Waals surface area (Å²) in [6.07, 6.45) is 5.21. The highest BCUT2D eigenvalue weighted by atomic mass is 16.5. The van der Waals surface area contributed by atoms with Crippen molar-refractivity contribution >= 4 is 5.91 Å². The average molecular weight is 224 g/mol. The summed E-state index contributed by atoms with van der Waals surface area (Å²) in [7, 11) is 1.71. The maximum Gasteiger partial charge on any atom is 0.229 e. The van der Waals surface area contributed by atoms with E-state index in [0.29, 0.717) is 5.91 Å². The van der Waals surface area contributed by atoms with Crippen molar-refractivity contribution in [2.75, 3.05) is 20.2 Å². The quantitative estimate of drug-likeness (QED) is 0.743. The highest BCUT2D eigenvalue weighted by Gasteiger charge is 2.58. The first-order valence-corrected chi connectivity index (χ1v) is 6.18. The van der Waals surface area contributed by atoms with Crippen molar-refractivity contribution in [3.05, 3.63) is 0 Å². The summed E-state index contributed by atoms with van der Waals surface area (Å²) in [5.41, 5.74) is 6.11. The van der Waals surface area contributed by atoms with E-state index in [1.54, 1.807) is 7.11 Å². The monoisotopic (exact) mass is 224 g/mol. The first-order valence-electron chi connectivity index (χ1n) is 6.18. The fourth-order valence-electron chi connectivity index (χ4n) is 3.63. The number of amides is 1. The predicted molar refractivity (Wildman–Crippen MR) is 59.8 cm³/mol. The van der Waals surface area contributed by atoms with Gasteiger partial charge in [0, 0.05) is 25.7 Å². The van der Waals surface area contributed by atoms with Gasteiger partial charge in [-0.25, -0.2) is 0 Å². The molecule has 0 unspecified atom stereocenters. The molecular formula is C12H20N2O2. The second-order valence-electron chi connectivity index (χ2n) is 5.89. The van der Waals surface area contributed by atoms with E-state index < -0.39 is 0 Å². The first kappa shape index (κ1) is 10.5. The Morgan fingerprint density at radius 2 is 1.94 bits per heavy atom. The number of carbonyl (C=O) groups excluding carboxylic acids is 1. The molecule has 4 heteroatoms. The molecule has 2 aliphatic carbocycles. The fraction of sp³-hybridized carbons (Fsp3) is 0.917. The summed E-state index contributed by atoms with van der Waals surface area (Å²) in [5.74, 6) is 0.339. The van der Waals surface area contributed by atoms with Gasteiger partial charge in [0.1, 0.15) is 0 Å². The summed E-state index contributed by atoms with van der Waals surface area (Å²) in [4.78, 5) is 14.4. The summed E-state index contributed by atoms with van der Waals surface area (Å²) < 4.78 is 5.21. The van der Waals surface area contributed by atoms with E-state index >= 15 is 0 Å². The minimum atomic E-state index is -0.104. The van der Waals surface area contributed by atoms with Crippen LogP contribution in [0.4, 0.5) is 0 Å². The number of likely N-dealkylation sites (tertiary alicyclic amines) is 1. The molecule has 0 aromatic carbocycles. The Morgan fingerprint density at radius 3 is 2.38 bits per heavy atom. The van der Waals surface area contributed by atoms with E-state index in [9.17, 15) is 4.79 Å². The van der Waals surface area contributed by atoms with Crippen LogP contribution in [0, 0.1) is 5.41 Å². The van der Waals surface area contributed by atoms with Crippen molar-refractivity contribution in [3.63, 3.8) is 0 Å². The van der Waals surface area contributed by atoms with Gasteiger partial charge < -0.3 is 15.4 Å². The number of fused-ring (bicyclic) bond motifs is 2. The molecule has 0 aromatic heterocycles. The largest absolute Gasteiger partial charge is 0.378 e. The Morgan fingerprint density at radius 1 is 1.31 bits per heavy atom. The van der Waals surface area contributed by atoms with Gasteiger partial charge in [0.05, 0.1) is 11.5 Å². The van der Waals surface area contributed by atoms with Crippen LogP contribution in [0.1, 0.15) is 32.1 Å². The highest BCUT2D eigenvalue weighted by Crippen LogP contribution is 2.56. The van der Waals surface area contributed by atoms with Gasteiger partial charge in [-0.15, -0.1) is 0 Å². The van der Waals surface area contributed by atoms with Gasteiger partial charge in [-0.1, -0.05) is 0 Å². The van der Waals surface area contributed by atoms with Gasteiger partial charge in [0.2, 0.25) is 5.91 Å². The Hall–Kier alpha value is -0.610. The van der Waals surface area contributed by atoms with Gasteiger partial charge in [-0.3, -0.25) is 4.79 Å². The van der Waals surface area contributed by atoms with E-state index in [1.165, 1.54) is 0 Å². The first-order chi connectivity index (χ1) is 7.57. The van der Waals surface area contributed by atoms with Crippen LogP contribution in [0.3, 0.4) is 0 Å². The summed E-state index contributed by atoms with van der Waals surface area (Å²) in [5, 5.41) is 0. The molecule has 1 heterocycles. The molecule has 90 valence electrons. The number of carbonyl (C=O) groups is 1. The zero-order valence-electron chi connectivity index (χ0n) is 9.87. The molecule has 1 aliphatic heterocycles. The third kappa shape index (κ3) is 1.32. The van der Waals surface area contributed by atoms with Crippen molar-refractivity contribution in [2.45, 2.75) is 43.7 Å². The van der Waals surface area contributed by atoms with E-state index in [1.807, 2.05) is 4.90 Å². The van der Waals surface area contributed by atoms with Crippen molar-refractivity contribution in [1.29, 1.82) is 0 Å². The maximum atomic E-state index is 12.4. The van der Waals surface area contributed by atoms with Crippen LogP contribution in [0.15, 0.2) is 0 Å². The summed E-state index contributed by atoms with van der Waals surface area (Å²) in [6.45, 7) is 1.54. The molecule has 16 heavy (non-hydrogen) atoms. The molecule has 3 rings (SSSR count). The minimum Gasteiger partial charge on any atom is -0.378 e. The SMILES string of the molecule is COC1CN(C(=O)C23CCC(N)(CC2)C3)C1. The number of hydrogen-bond donors (Lipinski definition) is 1. The summed E-state index contributed by atoms with van der Waals surface area (Å²) in [6, 6.07) is 0. The molecule has 4 nitrogen and oxygen atoms in total. The lowest BCUT2D eigenvalue weighted by Crippen LogP contribution is -2.58. The van der Waals surface area contributed by atoms with Gasteiger partial charge in [-0.05, 0) is 32.1 Å². The zero-order valence-corrected chi connectivity index (χ0v) is 9.87. The number of ether oxygens (including phenoxy) is 1. The van der Waals surface area contributed by atoms with Crippen LogP contribution in [-0.2, 0) is 9.53 Å². The van der Waals surface area contributed by atoms with Crippen molar-refractivity contribution in [2.24, 2.45) is 11.1 Å². The third-order valence-electron chi connectivity index (χ3n) is 4.82. The minimum absolute atomic E-state index is 0.0266. The molecule has 3 fully saturated rings. The standard InChI is InChI=1S/C12H20N2O2/c1-16-9-6-14(7-9)10(15)11-2-4-12(13,8-11)5-3-11/h9H,2-8,13H2,1H3. The van der Waals surface area contributed by atoms with Gasteiger partial charge >= 0.3 is 0 Å². The Balaban J connectivity index is 1.68. The number of nitrogens with zero attached hydrogens (tertiary/aromatic N) is 1. The normalized spacial score (nSPS) is 42.5. The highest BCUT2D eigenvalue weighted by molar-refractivity contribution is 5.84. The second kappa shape index (κ2) is 3.20. The van der Waals surface area contributed by atoms with E-state index in [-0.39, 0.29) is 17.1 Å². The fourth-order valence-corrected chi connectivity index (χ4v) is 3.63. The van der Waals surface area contributed by atoms with Crippen LogP contribution in [0.2, 0.25) is 0 Å². The Labute approximate surface area is 96.1 Å². The smallest absolute Gasteiger partial charge is 0.229 e. The number of methoxy groups -OCH3 is 1. The molecule has 0 radical (unpaired) electrons. The molecule has 3 aliphatic rings.